The van der Waals surface area contributed by atoms with Crippen molar-refractivity contribution in [1.29, 1.82) is 0 Å². The van der Waals surface area contributed by atoms with Crippen LogP contribution in [0.5, 0.6) is 0 Å². The van der Waals surface area contributed by atoms with Crippen LogP contribution in [-0.2, 0) is 26.0 Å². The molecule has 0 unspecified atom stereocenters. The topological polar surface area (TPSA) is 99.3 Å². The number of carbonyl (C=O) groups is 2. The molecule has 0 bridgehead atoms. The number of aryl methyl sites for hydroxylation is 1. The monoisotopic (exact) mass is 508 g/mol. The van der Waals surface area contributed by atoms with E-state index in [9.17, 15) is 22.4 Å². The molecule has 11 heteroatoms. The highest BCUT2D eigenvalue weighted by molar-refractivity contribution is 7.90. The van der Waals surface area contributed by atoms with Gasteiger partial charge in [0.2, 0.25) is 5.91 Å². The molecule has 0 saturated carbocycles. The normalized spacial score (nSPS) is 16.9. The molecule has 192 valence electrons. The quantitative estimate of drug-likeness (QED) is 0.663. The fourth-order valence-electron chi connectivity index (χ4n) is 4.63. The van der Waals surface area contributed by atoms with Crippen molar-refractivity contribution in [2.45, 2.75) is 30.7 Å². The summed E-state index contributed by atoms with van der Waals surface area (Å²) in [6.07, 6.45) is 0.634. The zero-order valence-corrected chi connectivity index (χ0v) is 20.6. The molecule has 0 aliphatic carbocycles. The van der Waals surface area contributed by atoms with Crippen LogP contribution in [0.25, 0.3) is 0 Å². The van der Waals surface area contributed by atoms with Crippen LogP contribution in [0.2, 0.25) is 0 Å². The van der Waals surface area contributed by atoms with E-state index in [0.717, 1.165) is 43.4 Å². The molecule has 2 aromatic rings. The maximum Gasteiger partial charge on any atom is 0.420 e. The standard InChI is InChI=1S/C24H29FN4O5S.2H2/c1-17(29-11-3-4-18-16-19(25)5-10-22(18)29)23(30)28-14-12-27(13-15-28)20-6-8-21(9-7-20)35(32,33)26-24(31)34-2;;/h5-10,16-17H,3-4,11-15H2,1-2H3,(H,26,31);2*1H/t17-;;/m1../s1. The lowest BCUT2D eigenvalue weighted by atomic mass is 9.99. The van der Waals surface area contributed by atoms with Crippen LogP contribution in [0, 0.1) is 5.82 Å². The molecule has 1 saturated heterocycles. The summed E-state index contributed by atoms with van der Waals surface area (Å²) in [5.74, 6) is -0.219. The van der Waals surface area contributed by atoms with E-state index >= 15 is 0 Å². The van der Waals surface area contributed by atoms with Crippen LogP contribution in [-0.4, -0.2) is 71.2 Å². The van der Waals surface area contributed by atoms with Crippen molar-refractivity contribution < 1.29 is 30.0 Å². The fourth-order valence-corrected chi connectivity index (χ4v) is 5.54. The number of sulfonamides is 1. The molecule has 2 aliphatic rings. The Morgan fingerprint density at radius 3 is 2.40 bits per heavy atom. The zero-order valence-electron chi connectivity index (χ0n) is 19.7. The lowest BCUT2D eigenvalue weighted by Crippen LogP contribution is -2.55. The van der Waals surface area contributed by atoms with Crippen LogP contribution >= 0.6 is 0 Å². The Morgan fingerprint density at radius 2 is 1.74 bits per heavy atom. The van der Waals surface area contributed by atoms with E-state index in [0.29, 0.717) is 26.2 Å². The molecule has 1 N–H and O–H groups in total. The molecule has 0 radical (unpaired) electrons. The number of methoxy groups -OCH3 is 1. The van der Waals surface area contributed by atoms with Gasteiger partial charge in [0.15, 0.2) is 0 Å². The van der Waals surface area contributed by atoms with E-state index in [2.05, 4.69) is 14.5 Å². The van der Waals surface area contributed by atoms with Gasteiger partial charge < -0.3 is 19.4 Å². The van der Waals surface area contributed by atoms with Crippen LogP contribution in [0.3, 0.4) is 0 Å². The number of fused-ring (bicyclic) bond motifs is 1. The maximum atomic E-state index is 13.6. The third-order valence-corrected chi connectivity index (χ3v) is 7.86. The molecule has 1 fully saturated rings. The number of halogens is 1. The number of anilines is 2. The van der Waals surface area contributed by atoms with E-state index in [-0.39, 0.29) is 25.5 Å². The lowest BCUT2D eigenvalue weighted by molar-refractivity contribution is -0.132. The summed E-state index contributed by atoms with van der Waals surface area (Å²) in [7, 11) is -2.92. The van der Waals surface area contributed by atoms with Gasteiger partial charge in [0.25, 0.3) is 10.0 Å². The first-order chi connectivity index (χ1) is 16.7. The van der Waals surface area contributed by atoms with Gasteiger partial charge in [0.05, 0.1) is 12.0 Å². The summed E-state index contributed by atoms with van der Waals surface area (Å²) < 4.78 is 44.2. The van der Waals surface area contributed by atoms with Gasteiger partial charge in [-0.15, -0.1) is 0 Å². The Morgan fingerprint density at radius 1 is 1.06 bits per heavy atom. The fraction of sp³-hybridized carbons (Fsp3) is 0.417. The SMILES string of the molecule is COC(=O)NS(=O)(=O)c1ccc(N2CCN(C(=O)[C@@H](C)N3CCCc4cc(F)ccc43)CC2)cc1.[HH].[HH]. The second kappa shape index (κ2) is 10.1. The minimum Gasteiger partial charge on any atom is -0.452 e. The van der Waals surface area contributed by atoms with Crippen LogP contribution < -0.4 is 14.5 Å². The molecular weight excluding hydrogens is 475 g/mol. The zero-order chi connectivity index (χ0) is 25.2. The lowest BCUT2D eigenvalue weighted by Gasteiger charge is -2.41. The number of piperazine rings is 1. The van der Waals surface area contributed by atoms with Gasteiger partial charge in [-0.25, -0.2) is 22.3 Å². The van der Waals surface area contributed by atoms with E-state index in [1.807, 2.05) is 16.5 Å². The molecule has 1 atom stereocenters. The number of rotatable bonds is 5. The summed E-state index contributed by atoms with van der Waals surface area (Å²) in [5.41, 5.74) is 2.69. The van der Waals surface area contributed by atoms with Crippen molar-refractivity contribution in [3.63, 3.8) is 0 Å². The third kappa shape index (κ3) is 5.34. The summed E-state index contributed by atoms with van der Waals surface area (Å²) in [6.45, 7) is 4.94. The van der Waals surface area contributed by atoms with Gasteiger partial charge in [0, 0.05) is 47.0 Å². The number of hydrogen-bond acceptors (Lipinski definition) is 7. The van der Waals surface area contributed by atoms with Gasteiger partial charge >= 0.3 is 6.09 Å². The van der Waals surface area contributed by atoms with Gasteiger partial charge in [-0.1, -0.05) is 0 Å². The Labute approximate surface area is 207 Å². The first-order valence-electron chi connectivity index (χ1n) is 11.5. The molecule has 2 aliphatic heterocycles. The summed E-state index contributed by atoms with van der Waals surface area (Å²) in [4.78, 5) is 30.5. The number of nitrogens with one attached hydrogen (secondary N) is 1. The summed E-state index contributed by atoms with van der Waals surface area (Å²) in [6, 6.07) is 10.6. The number of hydrogen-bond donors (Lipinski definition) is 1. The molecular formula is C24H33FN4O5S. The maximum absolute atomic E-state index is 13.6. The largest absolute Gasteiger partial charge is 0.452 e. The van der Waals surface area contributed by atoms with E-state index < -0.39 is 16.1 Å². The van der Waals surface area contributed by atoms with Gasteiger partial charge in [-0.05, 0) is 67.8 Å². The predicted octanol–water partition coefficient (Wildman–Crippen LogP) is 2.85. The average molecular weight is 509 g/mol. The Balaban J connectivity index is 0.00000241. The van der Waals surface area contributed by atoms with Crippen molar-refractivity contribution in [3.05, 3.63) is 53.8 Å². The van der Waals surface area contributed by atoms with Crippen LogP contribution in [0.1, 0.15) is 21.8 Å². The average Bonchev–Trinajstić information content (AvgIpc) is 2.87. The molecule has 0 spiro atoms. The first-order valence-corrected chi connectivity index (χ1v) is 13.0. The number of nitrogens with zero attached hydrogens (tertiary/aromatic N) is 3. The number of ether oxygens (including phenoxy) is 1. The van der Waals surface area contributed by atoms with Crippen molar-refractivity contribution in [2.75, 3.05) is 49.6 Å². The summed E-state index contributed by atoms with van der Waals surface area (Å²) >= 11 is 0. The second-order valence-corrected chi connectivity index (χ2v) is 10.3. The van der Waals surface area contributed by atoms with Crippen molar-refractivity contribution in [1.82, 2.24) is 9.62 Å². The van der Waals surface area contributed by atoms with E-state index in [1.165, 1.54) is 18.2 Å². The van der Waals surface area contributed by atoms with Crippen LogP contribution in [0.4, 0.5) is 20.6 Å². The number of benzene rings is 2. The molecule has 9 nitrogen and oxygen atoms in total. The molecule has 35 heavy (non-hydrogen) atoms. The minimum atomic E-state index is -4.00. The van der Waals surface area contributed by atoms with Crippen molar-refractivity contribution in [2.24, 2.45) is 0 Å². The van der Waals surface area contributed by atoms with E-state index in [1.54, 1.807) is 24.3 Å². The molecule has 0 aromatic heterocycles. The summed E-state index contributed by atoms with van der Waals surface area (Å²) in [5, 5.41) is 0. The molecule has 4 rings (SSSR count). The Hall–Kier alpha value is -3.34. The minimum absolute atomic E-state index is 0. The van der Waals surface area contributed by atoms with Crippen molar-refractivity contribution in [3.8, 4) is 0 Å². The smallest absolute Gasteiger partial charge is 0.420 e. The highest BCUT2D eigenvalue weighted by Crippen LogP contribution is 2.30. The van der Waals surface area contributed by atoms with Gasteiger partial charge in [0.1, 0.15) is 11.9 Å². The third-order valence-electron chi connectivity index (χ3n) is 6.53. The van der Waals surface area contributed by atoms with Gasteiger partial charge in [-0.2, -0.15) is 0 Å². The molecule has 2 amide bonds. The highest BCUT2D eigenvalue weighted by Gasteiger charge is 2.31. The van der Waals surface area contributed by atoms with E-state index in [4.69, 9.17) is 0 Å². The Kier molecular flexibility index (Phi) is 7.15. The molecule has 2 heterocycles. The molecule has 2 aromatic carbocycles. The van der Waals surface area contributed by atoms with Crippen LogP contribution in [0.15, 0.2) is 47.4 Å². The first kappa shape index (κ1) is 24.8. The van der Waals surface area contributed by atoms with Crippen molar-refractivity contribution >= 4 is 33.4 Å². The predicted molar refractivity (Wildman–Crippen MR) is 134 cm³/mol. The second-order valence-electron chi connectivity index (χ2n) is 8.65. The Bertz CT molecular complexity index is 1210. The van der Waals surface area contributed by atoms with Gasteiger partial charge in [-0.3, -0.25) is 4.79 Å². The number of amides is 2. The highest BCUT2D eigenvalue weighted by atomic mass is 32.2. The number of carbonyl (C=O) groups excluding carboxylic acids is 2.